The molecule has 1 aliphatic heterocycles. The molecule has 2 rings (SSSR count). The van der Waals surface area contributed by atoms with E-state index in [9.17, 15) is 17.2 Å². The largest absolute Gasteiger partial charge is 0.330 e. The molecule has 0 radical (unpaired) electrons. The molecule has 112 valence electrons. The van der Waals surface area contributed by atoms with Gasteiger partial charge in [0, 0.05) is 18.7 Å². The maximum Gasteiger partial charge on any atom is 0.246 e. The van der Waals surface area contributed by atoms with Crippen LogP contribution in [0.2, 0.25) is 0 Å². The Kier molecular flexibility index (Phi) is 4.72. The summed E-state index contributed by atoms with van der Waals surface area (Å²) in [5.41, 5.74) is 5.51. The molecule has 0 amide bonds. The van der Waals surface area contributed by atoms with Gasteiger partial charge in [-0.15, -0.1) is 0 Å². The van der Waals surface area contributed by atoms with Crippen LogP contribution in [0.15, 0.2) is 23.1 Å². The first-order valence-corrected chi connectivity index (χ1v) is 8.08. The molecule has 1 aromatic carbocycles. The Morgan fingerprint density at radius 3 is 2.70 bits per heavy atom. The van der Waals surface area contributed by atoms with Gasteiger partial charge in [-0.05, 0) is 37.9 Å². The van der Waals surface area contributed by atoms with Gasteiger partial charge in [0.1, 0.15) is 16.5 Å². The second-order valence-corrected chi connectivity index (χ2v) is 6.78. The predicted octanol–water partition coefficient (Wildman–Crippen LogP) is 1.86. The van der Waals surface area contributed by atoms with Crippen molar-refractivity contribution < 1.29 is 17.2 Å². The molecule has 7 heteroatoms. The molecule has 1 heterocycles. The molecule has 1 saturated heterocycles. The first kappa shape index (κ1) is 15.3. The second-order valence-electron chi connectivity index (χ2n) is 4.92. The lowest BCUT2D eigenvalue weighted by atomic mass is 10.0. The summed E-state index contributed by atoms with van der Waals surface area (Å²) >= 11 is 0. The van der Waals surface area contributed by atoms with E-state index in [2.05, 4.69) is 0 Å². The molecule has 1 unspecified atom stereocenters. The van der Waals surface area contributed by atoms with Crippen LogP contribution in [-0.4, -0.2) is 31.9 Å². The summed E-state index contributed by atoms with van der Waals surface area (Å²) in [4.78, 5) is -0.470. The van der Waals surface area contributed by atoms with Crippen molar-refractivity contribution in [3.63, 3.8) is 0 Å². The van der Waals surface area contributed by atoms with E-state index in [0.717, 1.165) is 31.4 Å². The summed E-state index contributed by atoms with van der Waals surface area (Å²) < 4.78 is 53.0. The lowest BCUT2D eigenvalue weighted by molar-refractivity contribution is 0.242. The number of hydrogen-bond acceptors (Lipinski definition) is 3. The van der Waals surface area contributed by atoms with Crippen LogP contribution in [0.3, 0.4) is 0 Å². The number of sulfonamides is 1. The zero-order valence-corrected chi connectivity index (χ0v) is 11.9. The number of halogens is 2. The lowest BCUT2D eigenvalue weighted by Gasteiger charge is -2.34. The van der Waals surface area contributed by atoms with Crippen LogP contribution in [0.25, 0.3) is 0 Å². The third-order valence-corrected chi connectivity index (χ3v) is 5.54. The fraction of sp³-hybridized carbons (Fsp3) is 0.538. The van der Waals surface area contributed by atoms with Crippen molar-refractivity contribution in [1.82, 2.24) is 4.31 Å². The average Bonchev–Trinajstić information content (AvgIpc) is 2.39. The van der Waals surface area contributed by atoms with Crippen LogP contribution < -0.4 is 5.73 Å². The quantitative estimate of drug-likeness (QED) is 0.923. The van der Waals surface area contributed by atoms with Gasteiger partial charge >= 0.3 is 0 Å². The van der Waals surface area contributed by atoms with Gasteiger partial charge in [-0.1, -0.05) is 6.42 Å². The van der Waals surface area contributed by atoms with Crippen molar-refractivity contribution in [2.24, 2.45) is 5.73 Å². The molecule has 20 heavy (non-hydrogen) atoms. The second kappa shape index (κ2) is 6.15. The highest BCUT2D eigenvalue weighted by Gasteiger charge is 2.34. The van der Waals surface area contributed by atoms with Gasteiger partial charge in [0.25, 0.3) is 0 Å². The molecular weight excluding hydrogens is 286 g/mol. The van der Waals surface area contributed by atoms with E-state index >= 15 is 0 Å². The summed E-state index contributed by atoms with van der Waals surface area (Å²) in [5.74, 6) is -1.85. The molecular formula is C13H18F2N2O2S. The van der Waals surface area contributed by atoms with E-state index in [-0.39, 0.29) is 6.04 Å². The Balaban J connectivity index is 2.37. The Hall–Kier alpha value is -1.05. The van der Waals surface area contributed by atoms with Gasteiger partial charge < -0.3 is 5.73 Å². The van der Waals surface area contributed by atoms with E-state index in [1.54, 1.807) is 0 Å². The Bertz CT molecular complexity index is 576. The minimum Gasteiger partial charge on any atom is -0.330 e. The average molecular weight is 304 g/mol. The molecule has 0 aliphatic carbocycles. The van der Waals surface area contributed by atoms with E-state index in [4.69, 9.17) is 5.73 Å². The van der Waals surface area contributed by atoms with Crippen LogP contribution in [0.1, 0.15) is 25.7 Å². The number of nitrogens with zero attached hydrogens (tertiary/aromatic N) is 1. The Morgan fingerprint density at radius 2 is 2.05 bits per heavy atom. The van der Waals surface area contributed by atoms with E-state index in [0.29, 0.717) is 25.6 Å². The van der Waals surface area contributed by atoms with Crippen molar-refractivity contribution >= 4 is 10.0 Å². The van der Waals surface area contributed by atoms with Crippen molar-refractivity contribution in [1.29, 1.82) is 0 Å². The SMILES string of the molecule is NCCC1CCCCN1S(=O)(=O)c1ccc(F)cc1F. The van der Waals surface area contributed by atoms with Gasteiger partial charge in [0.05, 0.1) is 0 Å². The fourth-order valence-corrected chi connectivity index (χ4v) is 4.35. The van der Waals surface area contributed by atoms with E-state index in [1.165, 1.54) is 4.31 Å². The third kappa shape index (κ3) is 2.99. The van der Waals surface area contributed by atoms with Crippen LogP contribution in [0, 0.1) is 11.6 Å². The zero-order chi connectivity index (χ0) is 14.8. The molecule has 1 fully saturated rings. The Morgan fingerprint density at radius 1 is 1.30 bits per heavy atom. The highest BCUT2D eigenvalue weighted by Crippen LogP contribution is 2.28. The van der Waals surface area contributed by atoms with Crippen LogP contribution in [-0.2, 0) is 10.0 Å². The monoisotopic (exact) mass is 304 g/mol. The first-order chi connectivity index (χ1) is 9.46. The van der Waals surface area contributed by atoms with Gasteiger partial charge in [0.2, 0.25) is 10.0 Å². The van der Waals surface area contributed by atoms with E-state index < -0.39 is 26.6 Å². The van der Waals surface area contributed by atoms with Crippen molar-refractivity contribution in [2.75, 3.05) is 13.1 Å². The van der Waals surface area contributed by atoms with Gasteiger partial charge in [-0.2, -0.15) is 4.31 Å². The number of rotatable bonds is 4. The van der Waals surface area contributed by atoms with Crippen molar-refractivity contribution in [3.8, 4) is 0 Å². The number of benzene rings is 1. The molecule has 1 atom stereocenters. The van der Waals surface area contributed by atoms with Gasteiger partial charge in [-0.25, -0.2) is 17.2 Å². The standard InChI is InChI=1S/C13H18F2N2O2S/c14-10-4-5-13(12(15)9-10)20(18,19)17-8-2-1-3-11(17)6-7-16/h4-5,9,11H,1-3,6-8,16H2. The number of nitrogens with two attached hydrogens (primary N) is 1. The van der Waals surface area contributed by atoms with Gasteiger partial charge in [-0.3, -0.25) is 0 Å². The Labute approximate surface area is 117 Å². The van der Waals surface area contributed by atoms with Crippen LogP contribution in [0.4, 0.5) is 8.78 Å². The molecule has 0 aromatic heterocycles. The molecule has 4 nitrogen and oxygen atoms in total. The third-order valence-electron chi connectivity index (χ3n) is 3.55. The summed E-state index contributed by atoms with van der Waals surface area (Å²) in [6.45, 7) is 0.729. The molecule has 1 aromatic rings. The van der Waals surface area contributed by atoms with Crippen molar-refractivity contribution in [3.05, 3.63) is 29.8 Å². The van der Waals surface area contributed by atoms with Crippen LogP contribution >= 0.6 is 0 Å². The predicted molar refractivity (Wildman–Crippen MR) is 71.6 cm³/mol. The minimum atomic E-state index is -3.94. The lowest BCUT2D eigenvalue weighted by Crippen LogP contribution is -2.44. The number of piperidine rings is 1. The maximum absolute atomic E-state index is 13.7. The molecule has 0 spiro atoms. The summed E-state index contributed by atoms with van der Waals surface area (Å²) in [7, 11) is -3.94. The summed E-state index contributed by atoms with van der Waals surface area (Å²) in [5, 5.41) is 0. The minimum absolute atomic E-state index is 0.205. The number of hydrogen-bond donors (Lipinski definition) is 1. The molecule has 0 saturated carbocycles. The molecule has 2 N–H and O–H groups in total. The summed E-state index contributed by atoms with van der Waals surface area (Å²) in [6, 6.07) is 2.32. The highest BCUT2D eigenvalue weighted by atomic mass is 32.2. The smallest absolute Gasteiger partial charge is 0.246 e. The molecule has 0 bridgehead atoms. The van der Waals surface area contributed by atoms with Crippen molar-refractivity contribution in [2.45, 2.75) is 36.6 Å². The fourth-order valence-electron chi connectivity index (χ4n) is 2.58. The maximum atomic E-state index is 13.7. The summed E-state index contributed by atoms with van der Waals surface area (Å²) in [6.07, 6.45) is 2.94. The van der Waals surface area contributed by atoms with E-state index in [1.807, 2.05) is 0 Å². The topological polar surface area (TPSA) is 63.4 Å². The first-order valence-electron chi connectivity index (χ1n) is 6.64. The zero-order valence-electron chi connectivity index (χ0n) is 11.1. The molecule has 1 aliphatic rings. The highest BCUT2D eigenvalue weighted by molar-refractivity contribution is 7.89. The normalized spacial score (nSPS) is 21.1. The van der Waals surface area contributed by atoms with Gasteiger partial charge in [0.15, 0.2) is 0 Å². The van der Waals surface area contributed by atoms with Crippen LogP contribution in [0.5, 0.6) is 0 Å².